The highest BCUT2D eigenvalue weighted by Gasteiger charge is 2.39. The van der Waals surface area contributed by atoms with E-state index in [4.69, 9.17) is 16.7 Å². The van der Waals surface area contributed by atoms with E-state index < -0.39 is 10.0 Å². The average molecular weight is 304 g/mol. The maximum atomic E-state index is 12.3. The van der Waals surface area contributed by atoms with Gasteiger partial charge in [0.15, 0.2) is 0 Å². The van der Waals surface area contributed by atoms with Crippen molar-refractivity contribution >= 4 is 21.6 Å². The largest absolute Gasteiger partial charge is 0.392 e. The summed E-state index contributed by atoms with van der Waals surface area (Å²) in [4.78, 5) is 0.153. The van der Waals surface area contributed by atoms with E-state index >= 15 is 0 Å². The van der Waals surface area contributed by atoms with E-state index in [0.717, 1.165) is 25.7 Å². The second-order valence-corrected chi connectivity index (χ2v) is 7.09. The molecule has 2 rings (SSSR count). The zero-order chi connectivity index (χ0) is 14.1. The molecule has 6 heteroatoms. The number of rotatable bonds is 5. The lowest BCUT2D eigenvalue weighted by atomic mass is 9.76. The molecule has 1 fully saturated rings. The van der Waals surface area contributed by atoms with E-state index in [1.54, 1.807) is 0 Å². The second kappa shape index (κ2) is 5.40. The number of hydrogen-bond acceptors (Lipinski definition) is 3. The Morgan fingerprint density at radius 3 is 2.58 bits per heavy atom. The number of hydrogen-bond donors (Lipinski definition) is 2. The molecule has 0 saturated heterocycles. The van der Waals surface area contributed by atoms with E-state index in [1.807, 2.05) is 6.92 Å². The van der Waals surface area contributed by atoms with Gasteiger partial charge < -0.3 is 5.11 Å². The monoisotopic (exact) mass is 303 g/mol. The number of nitrogens with one attached hydrogen (secondary N) is 1. The van der Waals surface area contributed by atoms with Gasteiger partial charge in [0.25, 0.3) is 0 Å². The van der Waals surface area contributed by atoms with Crippen molar-refractivity contribution in [1.29, 1.82) is 0 Å². The Kier molecular flexibility index (Phi) is 4.20. The van der Waals surface area contributed by atoms with Crippen molar-refractivity contribution in [2.75, 3.05) is 0 Å². The normalized spacial score (nSPS) is 18.1. The summed E-state index contributed by atoms with van der Waals surface area (Å²) in [6, 6.07) is 4.39. The minimum atomic E-state index is -3.56. The molecule has 0 amide bonds. The van der Waals surface area contributed by atoms with Crippen molar-refractivity contribution in [1.82, 2.24) is 4.72 Å². The Bertz CT molecular complexity index is 562. The molecule has 0 unspecified atom stereocenters. The van der Waals surface area contributed by atoms with Crippen LogP contribution in [0.4, 0.5) is 0 Å². The molecule has 106 valence electrons. The van der Waals surface area contributed by atoms with Crippen LogP contribution in [0.25, 0.3) is 0 Å². The average Bonchev–Trinajstić information content (AvgIpc) is 2.34. The highest BCUT2D eigenvalue weighted by atomic mass is 35.5. The minimum Gasteiger partial charge on any atom is -0.392 e. The summed E-state index contributed by atoms with van der Waals surface area (Å²) in [7, 11) is -3.56. The lowest BCUT2D eigenvalue weighted by Gasteiger charge is -2.41. The number of aliphatic hydroxyl groups is 1. The summed E-state index contributed by atoms with van der Waals surface area (Å²) >= 11 is 5.87. The summed E-state index contributed by atoms with van der Waals surface area (Å²) in [5.41, 5.74) is 0.126. The first-order chi connectivity index (χ1) is 8.92. The molecule has 0 aromatic heterocycles. The van der Waals surface area contributed by atoms with E-state index in [0.29, 0.717) is 10.6 Å². The van der Waals surface area contributed by atoms with Crippen LogP contribution >= 0.6 is 11.6 Å². The maximum Gasteiger partial charge on any atom is 0.241 e. The van der Waals surface area contributed by atoms with Crippen molar-refractivity contribution in [3.63, 3.8) is 0 Å². The van der Waals surface area contributed by atoms with Crippen molar-refractivity contribution < 1.29 is 13.5 Å². The van der Waals surface area contributed by atoms with Gasteiger partial charge >= 0.3 is 0 Å². The molecule has 0 atom stereocenters. The first-order valence-electron chi connectivity index (χ1n) is 6.36. The Morgan fingerprint density at radius 1 is 1.42 bits per heavy atom. The van der Waals surface area contributed by atoms with Gasteiger partial charge in [-0.05, 0) is 49.4 Å². The molecule has 0 heterocycles. The summed E-state index contributed by atoms with van der Waals surface area (Å²) in [5.74, 6) is 0. The molecule has 1 aliphatic carbocycles. The molecule has 0 spiro atoms. The third-order valence-corrected chi connectivity index (χ3v) is 5.78. The first-order valence-corrected chi connectivity index (χ1v) is 8.22. The minimum absolute atomic E-state index is 0.153. The van der Waals surface area contributed by atoms with Crippen LogP contribution < -0.4 is 4.72 Å². The Labute approximate surface area is 118 Å². The molecular formula is C13H18ClNO3S. The van der Waals surface area contributed by atoms with Crippen LogP contribution in [-0.2, 0) is 16.6 Å². The molecule has 1 saturated carbocycles. The highest BCUT2D eigenvalue weighted by Crippen LogP contribution is 2.36. The molecule has 1 aliphatic rings. The molecule has 19 heavy (non-hydrogen) atoms. The third-order valence-electron chi connectivity index (χ3n) is 3.84. The smallest absolute Gasteiger partial charge is 0.241 e. The van der Waals surface area contributed by atoms with Gasteiger partial charge in [-0.1, -0.05) is 18.5 Å². The third kappa shape index (κ3) is 2.94. The van der Waals surface area contributed by atoms with Crippen LogP contribution in [0, 0.1) is 0 Å². The maximum absolute atomic E-state index is 12.3. The molecule has 1 aromatic carbocycles. The summed E-state index contributed by atoms with van der Waals surface area (Å²) < 4.78 is 27.5. The zero-order valence-electron chi connectivity index (χ0n) is 10.8. The van der Waals surface area contributed by atoms with Gasteiger partial charge in [0.2, 0.25) is 10.0 Å². The zero-order valence-corrected chi connectivity index (χ0v) is 12.4. The van der Waals surface area contributed by atoms with Gasteiger partial charge in [0.1, 0.15) is 0 Å². The second-order valence-electron chi connectivity index (χ2n) is 5.00. The van der Waals surface area contributed by atoms with Crippen LogP contribution in [-0.4, -0.2) is 19.1 Å². The van der Waals surface area contributed by atoms with Crippen molar-refractivity contribution in [3.8, 4) is 0 Å². The molecule has 1 aromatic rings. The van der Waals surface area contributed by atoms with Gasteiger partial charge in [-0.25, -0.2) is 13.1 Å². The lowest BCUT2D eigenvalue weighted by molar-refractivity contribution is 0.214. The fourth-order valence-electron chi connectivity index (χ4n) is 2.31. The number of aliphatic hydroxyl groups excluding tert-OH is 1. The molecule has 0 aliphatic heterocycles. The van der Waals surface area contributed by atoms with Gasteiger partial charge in [-0.2, -0.15) is 0 Å². The van der Waals surface area contributed by atoms with Gasteiger partial charge in [-0.15, -0.1) is 0 Å². The molecule has 2 N–H and O–H groups in total. The number of benzene rings is 1. The van der Waals surface area contributed by atoms with Crippen molar-refractivity contribution in [2.24, 2.45) is 0 Å². The molecule has 0 bridgehead atoms. The van der Waals surface area contributed by atoms with Gasteiger partial charge in [0.05, 0.1) is 11.5 Å². The van der Waals surface area contributed by atoms with Crippen LogP contribution in [0.3, 0.4) is 0 Å². The summed E-state index contributed by atoms with van der Waals surface area (Å²) in [6.45, 7) is 1.71. The van der Waals surface area contributed by atoms with E-state index in [2.05, 4.69) is 4.72 Å². The first kappa shape index (κ1) is 14.8. The predicted octanol–water partition coefficient (Wildman–Crippen LogP) is 2.44. The SMILES string of the molecule is CCC1(NS(=O)(=O)c2ccc(Cl)c(CO)c2)CCC1. The van der Waals surface area contributed by atoms with Crippen LogP contribution in [0.1, 0.15) is 38.2 Å². The Hall–Kier alpha value is -0.620. The van der Waals surface area contributed by atoms with Gasteiger partial charge in [-0.3, -0.25) is 0 Å². The fourth-order valence-corrected chi connectivity index (χ4v) is 4.07. The van der Waals surface area contributed by atoms with Crippen LogP contribution in [0.15, 0.2) is 23.1 Å². The van der Waals surface area contributed by atoms with E-state index in [1.165, 1.54) is 18.2 Å². The fraction of sp³-hybridized carbons (Fsp3) is 0.538. The highest BCUT2D eigenvalue weighted by molar-refractivity contribution is 7.89. The van der Waals surface area contributed by atoms with Crippen LogP contribution in [0.2, 0.25) is 5.02 Å². The Balaban J connectivity index is 2.29. The topological polar surface area (TPSA) is 66.4 Å². The van der Waals surface area contributed by atoms with Crippen molar-refractivity contribution in [2.45, 2.75) is 49.6 Å². The Morgan fingerprint density at radius 2 is 2.11 bits per heavy atom. The number of halogens is 1. The number of sulfonamides is 1. The van der Waals surface area contributed by atoms with Crippen LogP contribution in [0.5, 0.6) is 0 Å². The molecule has 0 radical (unpaired) electrons. The standard InChI is InChI=1S/C13H18ClNO3S/c1-2-13(6-3-7-13)15-19(17,18)11-4-5-12(14)10(8-11)9-16/h4-5,8,15-16H,2-3,6-7,9H2,1H3. The van der Waals surface area contributed by atoms with E-state index in [-0.39, 0.29) is 17.0 Å². The summed E-state index contributed by atoms with van der Waals surface area (Å²) in [5, 5.41) is 9.52. The predicted molar refractivity (Wildman–Crippen MR) is 74.6 cm³/mol. The summed E-state index contributed by atoms with van der Waals surface area (Å²) in [6.07, 6.45) is 3.60. The molecule has 4 nitrogen and oxygen atoms in total. The van der Waals surface area contributed by atoms with Gasteiger partial charge in [0, 0.05) is 10.6 Å². The quantitative estimate of drug-likeness (QED) is 0.878. The lowest BCUT2D eigenvalue weighted by Crippen LogP contribution is -2.52. The molecular weight excluding hydrogens is 286 g/mol. The van der Waals surface area contributed by atoms with E-state index in [9.17, 15) is 8.42 Å². The van der Waals surface area contributed by atoms with Crippen molar-refractivity contribution in [3.05, 3.63) is 28.8 Å².